The van der Waals surface area contributed by atoms with Gasteiger partial charge in [0, 0.05) is 11.9 Å². The third kappa shape index (κ3) is 4.22. The largest absolute Gasteiger partial charge is 0.497 e. The number of aromatic nitrogens is 2. The van der Waals surface area contributed by atoms with Crippen LogP contribution in [0.4, 0.5) is 5.95 Å². The summed E-state index contributed by atoms with van der Waals surface area (Å²) in [6.07, 6.45) is 0. The summed E-state index contributed by atoms with van der Waals surface area (Å²) >= 11 is 0. The van der Waals surface area contributed by atoms with Crippen LogP contribution in [0.3, 0.4) is 0 Å². The molecule has 4 rings (SSSR count). The lowest BCUT2D eigenvalue weighted by Crippen LogP contribution is -2.45. The normalized spacial score (nSPS) is 14.2. The fraction of sp³-hybridized carbons (Fsp3) is 0.286. The number of aliphatic imine (C=N–C) groups is 1. The van der Waals surface area contributed by atoms with Crippen LogP contribution in [0.5, 0.6) is 11.5 Å². The number of fused-ring (bicyclic) bond motifs is 1. The van der Waals surface area contributed by atoms with Crippen molar-refractivity contribution in [3.63, 3.8) is 0 Å². The molecule has 2 N–H and O–H groups in total. The summed E-state index contributed by atoms with van der Waals surface area (Å²) in [4.78, 5) is 15.9. The Morgan fingerprint density at radius 2 is 1.90 bits per heavy atom. The summed E-state index contributed by atoms with van der Waals surface area (Å²) < 4.78 is 10.6. The molecule has 0 atom stereocenters. The van der Waals surface area contributed by atoms with Crippen LogP contribution in [0.1, 0.15) is 11.3 Å². The molecule has 2 aromatic carbocycles. The van der Waals surface area contributed by atoms with Crippen LogP contribution in [-0.4, -0.2) is 48.4 Å². The van der Waals surface area contributed by atoms with E-state index in [9.17, 15) is 0 Å². The highest BCUT2D eigenvalue weighted by atomic mass is 16.5. The molecule has 0 unspecified atom stereocenters. The number of nitrogens with one attached hydrogen (secondary N) is 2. The highest BCUT2D eigenvalue weighted by Crippen LogP contribution is 2.26. The lowest BCUT2D eigenvalue weighted by molar-refractivity contribution is 0.256. The standard InChI is InChI=1S/C21H24N6O2/c1-14-17-5-4-6-18(29-3)19(17)25-21(24-14)26-20-22-12-27(13-23-20)11-15-7-9-16(28-2)10-8-15/h4-10H,11-13H2,1-3H3,(H2,22,23,24,25,26). The van der Waals surface area contributed by atoms with Gasteiger partial charge in [0.05, 0.1) is 33.3 Å². The SMILES string of the molecule is COc1ccc(CN2CN=C(Nc3nc(C)c4cccc(OC)c4n3)NC2)cc1. The van der Waals surface area contributed by atoms with Crippen LogP contribution in [0, 0.1) is 6.92 Å². The maximum absolute atomic E-state index is 5.43. The number of nitrogens with zero attached hydrogens (tertiary/aromatic N) is 4. The zero-order chi connectivity index (χ0) is 20.2. The maximum atomic E-state index is 5.43. The van der Waals surface area contributed by atoms with E-state index in [0.29, 0.717) is 25.2 Å². The molecule has 2 heterocycles. The summed E-state index contributed by atoms with van der Waals surface area (Å²) in [5.41, 5.74) is 2.87. The number of para-hydroxylation sites is 1. The Bertz CT molecular complexity index is 1040. The Morgan fingerprint density at radius 3 is 2.59 bits per heavy atom. The quantitative estimate of drug-likeness (QED) is 0.691. The van der Waals surface area contributed by atoms with Gasteiger partial charge >= 0.3 is 0 Å². The van der Waals surface area contributed by atoms with Gasteiger partial charge < -0.3 is 14.8 Å². The van der Waals surface area contributed by atoms with Crippen LogP contribution >= 0.6 is 0 Å². The van der Waals surface area contributed by atoms with E-state index in [2.05, 4.69) is 42.6 Å². The van der Waals surface area contributed by atoms with E-state index in [1.165, 1.54) is 5.56 Å². The van der Waals surface area contributed by atoms with Crippen molar-refractivity contribution in [2.45, 2.75) is 13.5 Å². The number of guanidine groups is 1. The number of methoxy groups -OCH3 is 2. The fourth-order valence-corrected chi connectivity index (χ4v) is 3.25. The molecule has 150 valence electrons. The number of rotatable bonds is 5. The molecule has 0 spiro atoms. The first-order valence-corrected chi connectivity index (χ1v) is 9.38. The van der Waals surface area contributed by atoms with E-state index in [1.807, 2.05) is 37.3 Å². The number of benzene rings is 2. The van der Waals surface area contributed by atoms with Crippen LogP contribution in [0.25, 0.3) is 10.9 Å². The maximum Gasteiger partial charge on any atom is 0.230 e. The van der Waals surface area contributed by atoms with Crippen LogP contribution < -0.4 is 20.1 Å². The molecule has 8 heteroatoms. The molecular weight excluding hydrogens is 368 g/mol. The molecular formula is C21H24N6O2. The fourth-order valence-electron chi connectivity index (χ4n) is 3.25. The van der Waals surface area contributed by atoms with Gasteiger partial charge in [0.1, 0.15) is 17.0 Å². The van der Waals surface area contributed by atoms with E-state index < -0.39 is 0 Å². The molecule has 0 bridgehead atoms. The summed E-state index contributed by atoms with van der Waals surface area (Å²) in [6, 6.07) is 13.9. The summed E-state index contributed by atoms with van der Waals surface area (Å²) in [6.45, 7) is 4.02. The minimum Gasteiger partial charge on any atom is -0.497 e. The predicted molar refractivity (Wildman–Crippen MR) is 113 cm³/mol. The first-order chi connectivity index (χ1) is 14.2. The van der Waals surface area contributed by atoms with Crippen LogP contribution in [0.2, 0.25) is 0 Å². The Balaban J connectivity index is 1.44. The van der Waals surface area contributed by atoms with Crippen molar-refractivity contribution in [2.24, 2.45) is 4.99 Å². The van der Waals surface area contributed by atoms with E-state index in [1.54, 1.807) is 14.2 Å². The number of hydrogen-bond donors (Lipinski definition) is 2. The molecule has 1 aliphatic rings. The minimum absolute atomic E-state index is 0.495. The summed E-state index contributed by atoms with van der Waals surface area (Å²) in [5, 5.41) is 7.44. The van der Waals surface area contributed by atoms with Crippen LogP contribution in [0.15, 0.2) is 47.5 Å². The molecule has 0 saturated carbocycles. The van der Waals surface area contributed by atoms with Crippen molar-refractivity contribution in [1.82, 2.24) is 20.2 Å². The molecule has 0 fully saturated rings. The monoisotopic (exact) mass is 392 g/mol. The van der Waals surface area contributed by atoms with E-state index in [0.717, 1.165) is 34.6 Å². The van der Waals surface area contributed by atoms with Crippen molar-refractivity contribution in [2.75, 3.05) is 32.9 Å². The molecule has 0 saturated heterocycles. The molecule has 0 amide bonds. The second kappa shape index (κ2) is 8.32. The smallest absolute Gasteiger partial charge is 0.230 e. The Hall–Kier alpha value is -3.39. The number of aryl methyl sites for hydroxylation is 1. The average molecular weight is 392 g/mol. The zero-order valence-corrected chi connectivity index (χ0v) is 16.8. The van der Waals surface area contributed by atoms with Gasteiger partial charge in [-0.05, 0) is 30.7 Å². The van der Waals surface area contributed by atoms with Gasteiger partial charge in [0.15, 0.2) is 0 Å². The second-order valence-corrected chi connectivity index (χ2v) is 6.77. The van der Waals surface area contributed by atoms with Gasteiger partial charge in [0.2, 0.25) is 11.9 Å². The first kappa shape index (κ1) is 18.9. The first-order valence-electron chi connectivity index (χ1n) is 9.38. The Kier molecular flexibility index (Phi) is 5.44. The molecule has 0 radical (unpaired) electrons. The third-order valence-electron chi connectivity index (χ3n) is 4.79. The van der Waals surface area contributed by atoms with Crippen molar-refractivity contribution in [3.05, 3.63) is 53.7 Å². The lowest BCUT2D eigenvalue weighted by atomic mass is 10.2. The van der Waals surface area contributed by atoms with Gasteiger partial charge in [-0.25, -0.2) is 15.0 Å². The minimum atomic E-state index is 0.495. The van der Waals surface area contributed by atoms with Gasteiger partial charge in [-0.1, -0.05) is 24.3 Å². The Labute approximate surface area is 169 Å². The highest BCUT2D eigenvalue weighted by molar-refractivity contribution is 5.94. The predicted octanol–water partition coefficient (Wildman–Crippen LogP) is 2.74. The van der Waals surface area contributed by atoms with Crippen molar-refractivity contribution in [1.29, 1.82) is 0 Å². The average Bonchev–Trinajstić information content (AvgIpc) is 2.75. The van der Waals surface area contributed by atoms with Crippen molar-refractivity contribution >= 4 is 22.8 Å². The van der Waals surface area contributed by atoms with Gasteiger partial charge in [-0.15, -0.1) is 0 Å². The van der Waals surface area contributed by atoms with Crippen molar-refractivity contribution in [3.8, 4) is 11.5 Å². The molecule has 0 aliphatic carbocycles. The topological polar surface area (TPSA) is 83.9 Å². The number of anilines is 1. The third-order valence-corrected chi connectivity index (χ3v) is 4.79. The van der Waals surface area contributed by atoms with E-state index in [-0.39, 0.29) is 0 Å². The zero-order valence-electron chi connectivity index (χ0n) is 16.8. The molecule has 29 heavy (non-hydrogen) atoms. The molecule has 8 nitrogen and oxygen atoms in total. The van der Waals surface area contributed by atoms with Crippen LogP contribution in [-0.2, 0) is 6.54 Å². The van der Waals surface area contributed by atoms with E-state index in [4.69, 9.17) is 9.47 Å². The van der Waals surface area contributed by atoms with Crippen molar-refractivity contribution < 1.29 is 9.47 Å². The van der Waals surface area contributed by atoms with Gasteiger partial charge in [-0.2, -0.15) is 0 Å². The van der Waals surface area contributed by atoms with E-state index >= 15 is 0 Å². The number of hydrogen-bond acceptors (Lipinski definition) is 8. The van der Waals surface area contributed by atoms with Gasteiger partial charge in [0.25, 0.3) is 0 Å². The Morgan fingerprint density at radius 1 is 1.07 bits per heavy atom. The number of ether oxygens (including phenoxy) is 2. The molecule has 1 aliphatic heterocycles. The lowest BCUT2D eigenvalue weighted by Gasteiger charge is -2.27. The second-order valence-electron chi connectivity index (χ2n) is 6.77. The molecule has 3 aromatic rings. The summed E-state index contributed by atoms with van der Waals surface area (Å²) in [5.74, 6) is 2.73. The van der Waals surface area contributed by atoms with Gasteiger partial charge in [-0.3, -0.25) is 10.2 Å². The highest BCUT2D eigenvalue weighted by Gasteiger charge is 2.15. The molecule has 1 aromatic heterocycles. The summed E-state index contributed by atoms with van der Waals surface area (Å²) in [7, 11) is 3.31.